The van der Waals surface area contributed by atoms with E-state index in [9.17, 15) is 13.2 Å². The Labute approximate surface area is 169 Å². The summed E-state index contributed by atoms with van der Waals surface area (Å²) >= 11 is 1.95. The molecule has 0 fully saturated rings. The summed E-state index contributed by atoms with van der Waals surface area (Å²) in [6, 6.07) is 11.1. The standard InChI is InChI=1S/C18H14INO6S/c1-11-14(18(21)25-20-11)8-12-9-15(19)17(16(10-12)24-2)26-27(22,23)13-6-4-3-5-7-13/h3-10H,1-2H3/b14-8-. The fraction of sp³-hybridized carbons (Fsp3) is 0.111. The van der Waals surface area contributed by atoms with Crippen molar-refractivity contribution >= 4 is 50.5 Å². The van der Waals surface area contributed by atoms with Crippen LogP contribution >= 0.6 is 22.6 Å². The van der Waals surface area contributed by atoms with Crippen molar-refractivity contribution in [2.75, 3.05) is 7.11 Å². The van der Waals surface area contributed by atoms with Gasteiger partial charge in [0, 0.05) is 0 Å². The molecule has 0 atom stereocenters. The van der Waals surface area contributed by atoms with E-state index in [0.29, 0.717) is 20.4 Å². The van der Waals surface area contributed by atoms with E-state index in [1.807, 2.05) is 22.6 Å². The molecular weight excluding hydrogens is 485 g/mol. The van der Waals surface area contributed by atoms with Crippen LogP contribution in [0.25, 0.3) is 6.08 Å². The molecule has 0 unspecified atom stereocenters. The molecule has 1 heterocycles. The monoisotopic (exact) mass is 499 g/mol. The highest BCUT2D eigenvalue weighted by atomic mass is 127. The minimum atomic E-state index is -4.01. The Hall–Kier alpha value is -2.40. The Morgan fingerprint density at radius 3 is 2.48 bits per heavy atom. The van der Waals surface area contributed by atoms with Crippen LogP contribution < -0.4 is 8.92 Å². The summed E-state index contributed by atoms with van der Waals surface area (Å²) < 4.78 is 36.1. The quantitative estimate of drug-likeness (QED) is 0.271. The number of hydrogen-bond acceptors (Lipinski definition) is 7. The summed E-state index contributed by atoms with van der Waals surface area (Å²) in [5, 5.41) is 3.62. The highest BCUT2D eigenvalue weighted by molar-refractivity contribution is 14.1. The molecule has 0 aliphatic carbocycles. The number of oxime groups is 1. The fourth-order valence-electron chi connectivity index (χ4n) is 2.33. The van der Waals surface area contributed by atoms with Crippen LogP contribution in [-0.2, 0) is 19.8 Å². The smallest absolute Gasteiger partial charge is 0.367 e. The molecule has 0 amide bonds. The predicted octanol–water partition coefficient (Wildman–Crippen LogP) is 3.38. The molecule has 0 radical (unpaired) electrons. The number of carbonyl (C=O) groups is 1. The van der Waals surface area contributed by atoms with Gasteiger partial charge in [-0.1, -0.05) is 23.4 Å². The molecule has 2 aromatic carbocycles. The molecule has 0 aromatic heterocycles. The van der Waals surface area contributed by atoms with Gasteiger partial charge in [0.25, 0.3) is 0 Å². The summed E-state index contributed by atoms with van der Waals surface area (Å²) in [6.07, 6.45) is 1.59. The summed E-state index contributed by atoms with van der Waals surface area (Å²) in [5.41, 5.74) is 1.39. The predicted molar refractivity (Wildman–Crippen MR) is 107 cm³/mol. The molecule has 1 aliphatic rings. The number of methoxy groups -OCH3 is 1. The van der Waals surface area contributed by atoms with Crippen LogP contribution in [0.5, 0.6) is 11.5 Å². The summed E-state index contributed by atoms with van der Waals surface area (Å²) in [6.45, 7) is 1.66. The number of hydrogen-bond donors (Lipinski definition) is 0. The number of rotatable bonds is 5. The lowest BCUT2D eigenvalue weighted by Crippen LogP contribution is -2.11. The van der Waals surface area contributed by atoms with E-state index in [1.165, 1.54) is 19.2 Å². The molecule has 27 heavy (non-hydrogen) atoms. The molecule has 1 aliphatic heterocycles. The first-order valence-corrected chi connectivity index (χ1v) is 10.2. The highest BCUT2D eigenvalue weighted by Crippen LogP contribution is 2.36. The van der Waals surface area contributed by atoms with Crippen LogP contribution in [0.3, 0.4) is 0 Å². The van der Waals surface area contributed by atoms with E-state index in [-0.39, 0.29) is 16.4 Å². The van der Waals surface area contributed by atoms with Crippen molar-refractivity contribution in [1.82, 2.24) is 0 Å². The third-order valence-electron chi connectivity index (χ3n) is 3.66. The van der Waals surface area contributed by atoms with Crippen LogP contribution in [-0.4, -0.2) is 27.2 Å². The van der Waals surface area contributed by atoms with E-state index in [0.717, 1.165) is 0 Å². The average molecular weight is 499 g/mol. The fourth-order valence-corrected chi connectivity index (χ4v) is 4.20. The lowest BCUT2D eigenvalue weighted by Gasteiger charge is -2.13. The first kappa shape index (κ1) is 19.4. The number of halogens is 1. The zero-order valence-corrected chi connectivity index (χ0v) is 17.3. The average Bonchev–Trinajstić information content (AvgIpc) is 2.96. The lowest BCUT2D eigenvalue weighted by molar-refractivity contribution is -0.136. The van der Waals surface area contributed by atoms with E-state index in [1.54, 1.807) is 43.3 Å². The highest BCUT2D eigenvalue weighted by Gasteiger charge is 2.24. The van der Waals surface area contributed by atoms with Gasteiger partial charge in [0.1, 0.15) is 4.90 Å². The lowest BCUT2D eigenvalue weighted by atomic mass is 10.1. The molecule has 140 valence electrons. The van der Waals surface area contributed by atoms with Crippen molar-refractivity contribution in [2.24, 2.45) is 5.16 Å². The SMILES string of the molecule is COc1cc(/C=C2\C(=O)ON=C2C)cc(I)c1OS(=O)(=O)c1ccccc1. The van der Waals surface area contributed by atoms with Crippen molar-refractivity contribution in [1.29, 1.82) is 0 Å². The third kappa shape index (κ3) is 4.14. The van der Waals surface area contributed by atoms with Crippen LogP contribution in [0.15, 0.2) is 58.1 Å². The van der Waals surface area contributed by atoms with Gasteiger partial charge >= 0.3 is 16.1 Å². The Morgan fingerprint density at radius 1 is 1.19 bits per heavy atom. The molecule has 9 heteroatoms. The van der Waals surface area contributed by atoms with Crippen LogP contribution in [0.1, 0.15) is 12.5 Å². The van der Waals surface area contributed by atoms with E-state index in [2.05, 4.69) is 9.99 Å². The van der Waals surface area contributed by atoms with Gasteiger partial charge in [-0.3, -0.25) is 0 Å². The van der Waals surface area contributed by atoms with E-state index < -0.39 is 16.1 Å². The largest absolute Gasteiger partial charge is 0.493 e. The topological polar surface area (TPSA) is 91.3 Å². The van der Waals surface area contributed by atoms with Gasteiger partial charge in [0.2, 0.25) is 0 Å². The Bertz CT molecular complexity index is 1060. The van der Waals surface area contributed by atoms with Crippen molar-refractivity contribution in [3.8, 4) is 11.5 Å². The summed E-state index contributed by atoms with van der Waals surface area (Å²) in [5.74, 6) is -0.258. The third-order valence-corrected chi connectivity index (χ3v) is 5.70. The molecule has 0 bridgehead atoms. The maximum Gasteiger partial charge on any atom is 0.367 e. The molecule has 0 saturated heterocycles. The number of ether oxygens (including phenoxy) is 1. The van der Waals surface area contributed by atoms with Crippen LogP contribution in [0.2, 0.25) is 0 Å². The van der Waals surface area contributed by atoms with Gasteiger partial charge in [0.05, 0.1) is 22.0 Å². The second kappa shape index (κ2) is 7.69. The van der Waals surface area contributed by atoms with Gasteiger partial charge in [-0.15, -0.1) is 0 Å². The van der Waals surface area contributed by atoms with Crippen molar-refractivity contribution < 1.29 is 27.0 Å². The molecule has 0 spiro atoms. The Morgan fingerprint density at radius 2 is 1.89 bits per heavy atom. The molecular formula is C18H14INO6S. The molecule has 2 aromatic rings. The molecule has 0 N–H and O–H groups in total. The van der Waals surface area contributed by atoms with Crippen LogP contribution in [0.4, 0.5) is 0 Å². The minimum Gasteiger partial charge on any atom is -0.493 e. The van der Waals surface area contributed by atoms with Gasteiger partial charge in [-0.05, 0) is 65.4 Å². The second-order valence-electron chi connectivity index (χ2n) is 5.50. The maximum atomic E-state index is 12.5. The van der Waals surface area contributed by atoms with Crippen molar-refractivity contribution in [3.05, 3.63) is 57.2 Å². The number of carbonyl (C=O) groups excluding carboxylic acids is 1. The number of nitrogens with zero attached hydrogens (tertiary/aromatic N) is 1. The van der Waals surface area contributed by atoms with Crippen molar-refractivity contribution in [2.45, 2.75) is 11.8 Å². The van der Waals surface area contributed by atoms with Gasteiger partial charge in [0.15, 0.2) is 11.5 Å². The Kier molecular flexibility index (Phi) is 5.51. The zero-order valence-electron chi connectivity index (χ0n) is 14.3. The Balaban J connectivity index is 2.00. The van der Waals surface area contributed by atoms with Crippen LogP contribution in [0, 0.1) is 3.57 Å². The van der Waals surface area contributed by atoms with Gasteiger partial charge in [-0.25, -0.2) is 4.79 Å². The zero-order chi connectivity index (χ0) is 19.6. The summed E-state index contributed by atoms with van der Waals surface area (Å²) in [7, 11) is -2.61. The molecule has 7 nitrogen and oxygen atoms in total. The molecule has 0 saturated carbocycles. The van der Waals surface area contributed by atoms with Crippen molar-refractivity contribution in [3.63, 3.8) is 0 Å². The summed E-state index contributed by atoms with van der Waals surface area (Å²) in [4.78, 5) is 16.4. The first-order chi connectivity index (χ1) is 12.8. The van der Waals surface area contributed by atoms with E-state index >= 15 is 0 Å². The van der Waals surface area contributed by atoms with Gasteiger partial charge < -0.3 is 13.8 Å². The second-order valence-corrected chi connectivity index (χ2v) is 8.21. The number of benzene rings is 2. The normalized spacial score (nSPS) is 15.4. The molecule has 3 rings (SSSR count). The maximum absolute atomic E-state index is 12.5. The minimum absolute atomic E-state index is 0.0367. The first-order valence-electron chi connectivity index (χ1n) is 7.67. The van der Waals surface area contributed by atoms with Gasteiger partial charge in [-0.2, -0.15) is 8.42 Å². The van der Waals surface area contributed by atoms with E-state index in [4.69, 9.17) is 8.92 Å².